The van der Waals surface area contributed by atoms with Crippen LogP contribution in [0.15, 0.2) is 0 Å². The lowest BCUT2D eigenvalue weighted by Crippen LogP contribution is -2.44. The fourth-order valence-electron chi connectivity index (χ4n) is 1.77. The van der Waals surface area contributed by atoms with Gasteiger partial charge in [-0.05, 0) is 33.6 Å². The minimum absolute atomic E-state index is 0.328. The van der Waals surface area contributed by atoms with Gasteiger partial charge in [-0.1, -0.05) is 6.42 Å². The Balaban J connectivity index is 2.49. The maximum Gasteiger partial charge on any atom is 0.410 e. The Kier molecular flexibility index (Phi) is 3.47. The highest BCUT2D eigenvalue weighted by molar-refractivity contribution is 5.67. The highest BCUT2D eigenvalue weighted by atomic mass is 16.6. The largest absolute Gasteiger partial charge is 0.444 e. The number of hydrogen-bond donors (Lipinski definition) is 0. The molecule has 0 radical (unpaired) electrons. The summed E-state index contributed by atoms with van der Waals surface area (Å²) in [7, 11) is 1.69. The van der Waals surface area contributed by atoms with Gasteiger partial charge in [0.2, 0.25) is 0 Å². The van der Waals surface area contributed by atoms with Gasteiger partial charge in [0.1, 0.15) is 5.60 Å². The summed E-state index contributed by atoms with van der Waals surface area (Å²) in [5, 5.41) is 9.07. The van der Waals surface area contributed by atoms with Gasteiger partial charge in [-0.3, -0.25) is 0 Å². The Bertz CT molecular complexity index is 308. The van der Waals surface area contributed by atoms with E-state index in [0.29, 0.717) is 6.54 Å². The van der Waals surface area contributed by atoms with Gasteiger partial charge in [0.15, 0.2) is 0 Å². The molecular weight excluding hydrogens is 204 g/mol. The van der Waals surface area contributed by atoms with Crippen molar-refractivity contribution >= 4 is 6.09 Å². The van der Waals surface area contributed by atoms with Crippen LogP contribution in [0.4, 0.5) is 4.79 Å². The van der Waals surface area contributed by atoms with Crippen molar-refractivity contribution in [1.29, 1.82) is 5.26 Å². The Hall–Kier alpha value is -1.24. The molecule has 1 saturated carbocycles. The van der Waals surface area contributed by atoms with Gasteiger partial charge >= 0.3 is 6.09 Å². The molecule has 1 rings (SSSR count). The first-order valence-electron chi connectivity index (χ1n) is 5.63. The number of nitrogens with zero attached hydrogens (tertiary/aromatic N) is 2. The van der Waals surface area contributed by atoms with Gasteiger partial charge in [0, 0.05) is 13.6 Å². The Labute approximate surface area is 97.2 Å². The highest BCUT2D eigenvalue weighted by Gasteiger charge is 2.39. The topological polar surface area (TPSA) is 53.3 Å². The van der Waals surface area contributed by atoms with Crippen LogP contribution in [0.1, 0.15) is 40.0 Å². The molecule has 0 aromatic heterocycles. The summed E-state index contributed by atoms with van der Waals surface area (Å²) in [5.74, 6) is 0. The van der Waals surface area contributed by atoms with Crippen LogP contribution in [-0.2, 0) is 4.74 Å². The first kappa shape index (κ1) is 12.8. The molecule has 0 saturated heterocycles. The van der Waals surface area contributed by atoms with Crippen LogP contribution in [0, 0.1) is 16.7 Å². The lowest BCUT2D eigenvalue weighted by Gasteiger charge is -2.38. The van der Waals surface area contributed by atoms with Gasteiger partial charge in [-0.25, -0.2) is 4.79 Å². The van der Waals surface area contributed by atoms with Gasteiger partial charge in [0.05, 0.1) is 11.5 Å². The summed E-state index contributed by atoms with van der Waals surface area (Å²) in [6, 6.07) is 2.31. The van der Waals surface area contributed by atoms with E-state index in [1.807, 2.05) is 20.8 Å². The van der Waals surface area contributed by atoms with Crippen molar-refractivity contribution in [3.05, 3.63) is 0 Å². The number of rotatable bonds is 2. The van der Waals surface area contributed by atoms with E-state index in [4.69, 9.17) is 10.00 Å². The highest BCUT2D eigenvalue weighted by Crippen LogP contribution is 2.40. The molecule has 4 nitrogen and oxygen atoms in total. The van der Waals surface area contributed by atoms with Crippen molar-refractivity contribution in [1.82, 2.24) is 4.90 Å². The predicted molar refractivity (Wildman–Crippen MR) is 60.8 cm³/mol. The number of carbonyl (C=O) groups excluding carboxylic acids is 1. The summed E-state index contributed by atoms with van der Waals surface area (Å²) in [4.78, 5) is 13.2. The Morgan fingerprint density at radius 1 is 1.50 bits per heavy atom. The van der Waals surface area contributed by atoms with Gasteiger partial charge in [-0.15, -0.1) is 0 Å². The van der Waals surface area contributed by atoms with E-state index in [9.17, 15) is 4.79 Å². The zero-order chi connectivity index (χ0) is 12.4. The molecule has 0 unspecified atom stereocenters. The molecule has 0 spiro atoms. The molecule has 1 amide bonds. The van der Waals surface area contributed by atoms with Crippen molar-refractivity contribution in [2.24, 2.45) is 5.41 Å². The number of hydrogen-bond acceptors (Lipinski definition) is 3. The van der Waals surface area contributed by atoms with Crippen molar-refractivity contribution in [2.45, 2.75) is 45.6 Å². The molecule has 16 heavy (non-hydrogen) atoms. The molecule has 1 fully saturated rings. The molecule has 0 aliphatic heterocycles. The smallest absolute Gasteiger partial charge is 0.410 e. The lowest BCUT2D eigenvalue weighted by molar-refractivity contribution is 0.0195. The van der Waals surface area contributed by atoms with Crippen molar-refractivity contribution < 1.29 is 9.53 Å². The average molecular weight is 224 g/mol. The quantitative estimate of drug-likeness (QED) is 0.724. The third-order valence-corrected chi connectivity index (χ3v) is 2.79. The van der Waals surface area contributed by atoms with E-state index >= 15 is 0 Å². The standard InChI is InChI=1S/C12H20N2O2/c1-11(2,3)16-10(15)14(4)9-12(8-13)6-5-7-12/h5-7,9H2,1-4H3. The molecule has 0 aromatic rings. The van der Waals surface area contributed by atoms with Crippen molar-refractivity contribution in [2.75, 3.05) is 13.6 Å². The van der Waals surface area contributed by atoms with Crippen molar-refractivity contribution in [3.8, 4) is 6.07 Å². The molecule has 0 bridgehead atoms. The molecule has 90 valence electrons. The van der Waals surface area contributed by atoms with Crippen LogP contribution < -0.4 is 0 Å². The normalized spacial score (nSPS) is 18.2. The van der Waals surface area contributed by atoms with Crippen LogP contribution in [0.5, 0.6) is 0 Å². The third-order valence-electron chi connectivity index (χ3n) is 2.79. The van der Waals surface area contributed by atoms with Crippen LogP contribution in [0.3, 0.4) is 0 Å². The summed E-state index contributed by atoms with van der Waals surface area (Å²) in [5.41, 5.74) is -0.809. The fraction of sp³-hybridized carbons (Fsp3) is 0.833. The summed E-state index contributed by atoms with van der Waals surface area (Å²) >= 11 is 0. The van der Waals surface area contributed by atoms with Crippen LogP contribution >= 0.6 is 0 Å². The first-order valence-corrected chi connectivity index (χ1v) is 5.63. The lowest BCUT2D eigenvalue weighted by atomic mass is 9.70. The minimum atomic E-state index is -0.481. The molecule has 1 aliphatic rings. The van der Waals surface area contributed by atoms with E-state index in [-0.39, 0.29) is 11.5 Å². The number of amides is 1. The second-order valence-electron chi connectivity index (χ2n) is 5.58. The zero-order valence-electron chi connectivity index (χ0n) is 10.5. The molecular formula is C12H20N2O2. The minimum Gasteiger partial charge on any atom is -0.444 e. The Morgan fingerprint density at radius 3 is 2.38 bits per heavy atom. The summed E-state index contributed by atoms with van der Waals surface area (Å²) in [6.07, 6.45) is 2.50. The summed E-state index contributed by atoms with van der Waals surface area (Å²) in [6.45, 7) is 5.98. The van der Waals surface area contributed by atoms with Gasteiger partial charge in [-0.2, -0.15) is 5.26 Å². The van der Waals surface area contributed by atoms with Crippen molar-refractivity contribution in [3.63, 3.8) is 0 Å². The van der Waals surface area contributed by atoms with E-state index in [0.717, 1.165) is 19.3 Å². The second kappa shape index (κ2) is 4.32. The second-order valence-corrected chi connectivity index (χ2v) is 5.58. The number of ether oxygens (including phenoxy) is 1. The van der Waals surface area contributed by atoms with E-state index in [1.54, 1.807) is 7.05 Å². The zero-order valence-corrected chi connectivity index (χ0v) is 10.5. The van der Waals surface area contributed by atoms with Crippen LogP contribution in [-0.4, -0.2) is 30.2 Å². The van der Waals surface area contributed by atoms with Crippen LogP contribution in [0.25, 0.3) is 0 Å². The number of carbonyl (C=O) groups is 1. The monoisotopic (exact) mass is 224 g/mol. The average Bonchev–Trinajstić information content (AvgIpc) is 2.08. The predicted octanol–water partition coefficient (Wildman–Crippen LogP) is 2.55. The molecule has 0 atom stereocenters. The molecule has 0 aromatic carbocycles. The summed E-state index contributed by atoms with van der Waals surface area (Å²) < 4.78 is 5.24. The SMILES string of the molecule is CN(CC1(C#N)CCC1)C(=O)OC(C)(C)C. The van der Waals surface area contributed by atoms with E-state index in [2.05, 4.69) is 6.07 Å². The van der Waals surface area contributed by atoms with Gasteiger partial charge < -0.3 is 9.64 Å². The Morgan fingerprint density at radius 2 is 2.06 bits per heavy atom. The third kappa shape index (κ3) is 3.13. The first-order chi connectivity index (χ1) is 7.28. The van der Waals surface area contributed by atoms with Crippen LogP contribution in [0.2, 0.25) is 0 Å². The van der Waals surface area contributed by atoms with Gasteiger partial charge in [0.25, 0.3) is 0 Å². The van der Waals surface area contributed by atoms with E-state index < -0.39 is 5.60 Å². The maximum atomic E-state index is 11.7. The molecule has 0 N–H and O–H groups in total. The maximum absolute atomic E-state index is 11.7. The molecule has 1 aliphatic carbocycles. The number of nitriles is 1. The van der Waals surface area contributed by atoms with E-state index in [1.165, 1.54) is 4.90 Å². The molecule has 0 heterocycles. The molecule has 4 heteroatoms. The fourth-order valence-corrected chi connectivity index (χ4v) is 1.77.